The van der Waals surface area contributed by atoms with Crippen LogP contribution in [0.5, 0.6) is 5.75 Å². The minimum Gasteiger partial charge on any atom is -0.490 e. The van der Waals surface area contributed by atoms with Crippen molar-refractivity contribution in [2.45, 2.75) is 94.0 Å². The molecule has 2 N–H and O–H groups in total. The number of ether oxygens (including phenoxy) is 1. The highest BCUT2D eigenvalue weighted by Gasteiger charge is 2.38. The fourth-order valence-corrected chi connectivity index (χ4v) is 5.60. The Hall–Kier alpha value is -2.35. The van der Waals surface area contributed by atoms with Gasteiger partial charge < -0.3 is 14.7 Å². The summed E-state index contributed by atoms with van der Waals surface area (Å²) in [6.07, 6.45) is 10.9. The fourth-order valence-electron chi connectivity index (χ4n) is 4.82. The van der Waals surface area contributed by atoms with Crippen molar-refractivity contribution in [1.29, 1.82) is 0 Å². The lowest BCUT2D eigenvalue weighted by Gasteiger charge is -2.29. The van der Waals surface area contributed by atoms with Gasteiger partial charge in [0.1, 0.15) is 10.8 Å². The molecule has 2 aliphatic rings. The predicted molar refractivity (Wildman–Crippen MR) is 147 cm³/mol. The van der Waals surface area contributed by atoms with Gasteiger partial charge in [0.2, 0.25) is 0 Å². The number of carbonyl (C=O) groups is 1. The quantitative estimate of drug-likeness (QED) is 0.333. The smallest absolute Gasteiger partial charge is 0.253 e. The number of hydrogen-bond donors (Lipinski definition) is 2. The fraction of sp³-hybridized carbons (Fsp3) is 0.517. The van der Waals surface area contributed by atoms with Gasteiger partial charge in [-0.25, -0.2) is 4.98 Å². The number of pyridine rings is 1. The molecule has 0 spiro atoms. The van der Waals surface area contributed by atoms with Crippen LogP contribution in [0.25, 0.3) is 0 Å². The molecule has 6 nitrogen and oxygen atoms in total. The van der Waals surface area contributed by atoms with E-state index in [2.05, 4.69) is 16.3 Å². The third kappa shape index (κ3) is 8.08. The molecule has 2 saturated carbocycles. The third-order valence-corrected chi connectivity index (χ3v) is 8.03. The zero-order valence-corrected chi connectivity index (χ0v) is 22.7. The van der Waals surface area contributed by atoms with Crippen LogP contribution in [0.2, 0.25) is 0 Å². The minimum absolute atomic E-state index is 0.00360. The molecule has 2 unspecified atom stereocenters. The zero-order chi connectivity index (χ0) is 26.0. The molecule has 4 rings (SSSR count). The van der Waals surface area contributed by atoms with Crippen LogP contribution >= 0.6 is 11.9 Å². The molecule has 1 aromatic carbocycles. The molecule has 2 aromatic rings. The number of carbonyl (C=O) groups excluding carboxylic acids is 1. The summed E-state index contributed by atoms with van der Waals surface area (Å²) in [5.74, 6) is 0.818. The molecule has 1 heterocycles. The standard InChI is InChI=1S/C26H35N3O3S.C3H6/c1-3-26(31)16-15-21(18-26)29(2)25(30)19-7-11-22(12-8-19)32-23-13-9-20(10-14-23)28-33-24-6-4-5-17-27-24;1-3-2/h4-8,11-12,17,20-21,23,28,31H,3,9-10,13-16,18H2,1-2H3;3H,1H2,2H3. The zero-order valence-electron chi connectivity index (χ0n) is 21.9. The van der Waals surface area contributed by atoms with Crippen LogP contribution in [-0.4, -0.2) is 51.7 Å². The van der Waals surface area contributed by atoms with Crippen molar-refractivity contribution in [2.75, 3.05) is 7.05 Å². The summed E-state index contributed by atoms with van der Waals surface area (Å²) in [5.41, 5.74) is 0.0407. The van der Waals surface area contributed by atoms with E-state index in [1.807, 2.05) is 69.6 Å². The SMILES string of the molecule is C=CC.CCC1(O)CCC(N(C)C(=O)c2ccc(OC3CCC(NSc4ccccn4)CC3)cc2)C1. The molecule has 2 fully saturated rings. The maximum atomic E-state index is 12.9. The maximum absolute atomic E-state index is 12.9. The highest BCUT2D eigenvalue weighted by molar-refractivity contribution is 7.97. The number of amides is 1. The molecule has 0 aliphatic heterocycles. The Kier molecular flexibility index (Phi) is 10.8. The monoisotopic (exact) mass is 511 g/mol. The topological polar surface area (TPSA) is 74.7 Å². The van der Waals surface area contributed by atoms with E-state index in [0.717, 1.165) is 55.7 Å². The van der Waals surface area contributed by atoms with Crippen LogP contribution in [0.3, 0.4) is 0 Å². The van der Waals surface area contributed by atoms with Crippen molar-refractivity contribution in [3.63, 3.8) is 0 Å². The first kappa shape index (κ1) is 28.2. The van der Waals surface area contributed by atoms with Crippen molar-refractivity contribution >= 4 is 17.9 Å². The number of benzene rings is 1. The van der Waals surface area contributed by atoms with Crippen LogP contribution in [0.4, 0.5) is 0 Å². The van der Waals surface area contributed by atoms with E-state index in [0.29, 0.717) is 18.0 Å². The molecule has 2 aliphatic carbocycles. The van der Waals surface area contributed by atoms with Gasteiger partial charge in [-0.15, -0.1) is 6.58 Å². The van der Waals surface area contributed by atoms with Gasteiger partial charge in [0.25, 0.3) is 5.91 Å². The van der Waals surface area contributed by atoms with Crippen molar-refractivity contribution in [3.8, 4) is 5.75 Å². The van der Waals surface area contributed by atoms with Gasteiger partial charge in [-0.1, -0.05) is 19.1 Å². The average Bonchev–Trinajstić information content (AvgIpc) is 3.31. The van der Waals surface area contributed by atoms with Crippen molar-refractivity contribution in [1.82, 2.24) is 14.6 Å². The summed E-state index contributed by atoms with van der Waals surface area (Å²) in [6.45, 7) is 7.26. The number of aliphatic hydroxyl groups is 1. The average molecular weight is 512 g/mol. The summed E-state index contributed by atoms with van der Waals surface area (Å²) in [7, 11) is 1.84. The molecule has 7 heteroatoms. The second kappa shape index (κ2) is 13.8. The molecule has 1 aromatic heterocycles. The summed E-state index contributed by atoms with van der Waals surface area (Å²) in [6, 6.07) is 14.0. The highest BCUT2D eigenvalue weighted by Crippen LogP contribution is 2.35. The summed E-state index contributed by atoms with van der Waals surface area (Å²) < 4.78 is 9.72. The Morgan fingerprint density at radius 3 is 2.50 bits per heavy atom. The van der Waals surface area contributed by atoms with E-state index in [9.17, 15) is 9.90 Å². The molecule has 196 valence electrons. The molecule has 1 amide bonds. The highest BCUT2D eigenvalue weighted by atomic mass is 32.2. The lowest BCUT2D eigenvalue weighted by Crippen LogP contribution is -2.37. The minimum atomic E-state index is -0.622. The van der Waals surface area contributed by atoms with E-state index in [1.54, 1.807) is 22.9 Å². The van der Waals surface area contributed by atoms with E-state index >= 15 is 0 Å². The Bertz CT molecular complexity index is 948. The van der Waals surface area contributed by atoms with Crippen LogP contribution in [0, 0.1) is 0 Å². The van der Waals surface area contributed by atoms with Crippen LogP contribution in [0.1, 0.15) is 75.6 Å². The molecular weight excluding hydrogens is 470 g/mol. The van der Waals surface area contributed by atoms with Crippen molar-refractivity contribution in [2.24, 2.45) is 0 Å². The number of nitrogens with one attached hydrogen (secondary N) is 1. The second-order valence-electron chi connectivity index (χ2n) is 9.80. The van der Waals surface area contributed by atoms with Crippen molar-refractivity contribution < 1.29 is 14.6 Å². The number of hydrogen-bond acceptors (Lipinski definition) is 6. The molecule has 0 bridgehead atoms. The first-order valence-electron chi connectivity index (χ1n) is 13.0. The van der Waals surface area contributed by atoms with Crippen molar-refractivity contribution in [3.05, 3.63) is 66.9 Å². The molecule has 36 heavy (non-hydrogen) atoms. The van der Waals surface area contributed by atoms with Gasteiger partial charge in [-0.05, 0) is 107 Å². The summed E-state index contributed by atoms with van der Waals surface area (Å²) >= 11 is 1.60. The van der Waals surface area contributed by atoms with Gasteiger partial charge in [0.05, 0.1) is 11.7 Å². The van der Waals surface area contributed by atoms with E-state index in [4.69, 9.17) is 4.74 Å². The molecule has 0 radical (unpaired) electrons. The van der Waals surface area contributed by atoms with Gasteiger partial charge in [-0.3, -0.25) is 9.52 Å². The largest absolute Gasteiger partial charge is 0.490 e. The van der Waals surface area contributed by atoms with E-state index < -0.39 is 5.60 Å². The van der Waals surface area contributed by atoms with Gasteiger partial charge in [-0.2, -0.15) is 0 Å². The van der Waals surface area contributed by atoms with Gasteiger partial charge >= 0.3 is 0 Å². The Morgan fingerprint density at radius 1 is 1.22 bits per heavy atom. The summed E-state index contributed by atoms with van der Waals surface area (Å²) in [4.78, 5) is 19.0. The molecule has 2 atom stereocenters. The van der Waals surface area contributed by atoms with Crippen LogP contribution in [0.15, 0.2) is 66.3 Å². The number of aromatic nitrogens is 1. The third-order valence-electron chi connectivity index (χ3n) is 7.13. The summed E-state index contributed by atoms with van der Waals surface area (Å²) in [5, 5.41) is 11.5. The first-order valence-corrected chi connectivity index (χ1v) is 13.9. The Balaban J connectivity index is 0.00000115. The van der Waals surface area contributed by atoms with E-state index in [1.165, 1.54) is 0 Å². The number of allylic oxidation sites excluding steroid dienone is 1. The lowest BCUT2D eigenvalue weighted by molar-refractivity contribution is 0.0348. The lowest BCUT2D eigenvalue weighted by atomic mass is 9.93. The maximum Gasteiger partial charge on any atom is 0.253 e. The second-order valence-corrected chi connectivity index (χ2v) is 10.7. The Morgan fingerprint density at radius 2 is 1.92 bits per heavy atom. The molecule has 0 saturated heterocycles. The first-order chi connectivity index (χ1) is 17.4. The molecular formula is C29H41N3O3S. The van der Waals surface area contributed by atoms with Gasteiger partial charge in [0, 0.05) is 30.9 Å². The van der Waals surface area contributed by atoms with Crippen LogP contribution in [-0.2, 0) is 0 Å². The van der Waals surface area contributed by atoms with Crippen LogP contribution < -0.4 is 9.46 Å². The Labute approximate surface area is 220 Å². The van der Waals surface area contributed by atoms with E-state index in [-0.39, 0.29) is 18.1 Å². The number of rotatable bonds is 8. The number of nitrogens with zero attached hydrogens (tertiary/aromatic N) is 2. The normalized spacial score (nSPS) is 25.4. The van der Waals surface area contributed by atoms with Gasteiger partial charge in [0.15, 0.2) is 0 Å². The predicted octanol–water partition coefficient (Wildman–Crippen LogP) is 6.03.